The van der Waals surface area contributed by atoms with Crippen LogP contribution < -0.4 is 0 Å². The molecule has 0 saturated carbocycles. The summed E-state index contributed by atoms with van der Waals surface area (Å²) in [6.07, 6.45) is 12.6. The monoisotopic (exact) mass is 789 g/mol. The minimum absolute atomic E-state index is 0.411. The first-order chi connectivity index (χ1) is 29.8. The van der Waals surface area contributed by atoms with Crippen molar-refractivity contribution in [3.63, 3.8) is 0 Å². The lowest BCUT2D eigenvalue weighted by atomic mass is 9.70. The Kier molecular flexibility index (Phi) is 9.95. The van der Waals surface area contributed by atoms with Crippen molar-refractivity contribution in [3.8, 4) is 22.3 Å². The number of rotatable bonds is 6. The van der Waals surface area contributed by atoms with Gasteiger partial charge in [-0.1, -0.05) is 204 Å². The fraction of sp³-hybridized carbons (Fsp3) is 0.217. The molecule has 1 spiro atoms. The SMILES string of the molecule is C\C1=C(c2ccc(C3=C/C=C(/C(C)C)C(C)CC=C3C(C)C)cc2)/N=C(c2cccc3c2-c2ccccc2C32c3ccccc3-c3ccccc32)/C=C(/c2ccccc2)CC1. The van der Waals surface area contributed by atoms with Gasteiger partial charge in [0.1, 0.15) is 0 Å². The van der Waals surface area contributed by atoms with Crippen LogP contribution in [0.15, 0.2) is 192 Å². The van der Waals surface area contributed by atoms with Crippen molar-refractivity contribution in [2.45, 2.75) is 66.2 Å². The molecule has 0 fully saturated rings. The number of hydrogen-bond acceptors (Lipinski definition) is 1. The molecular weight excluding hydrogens is 735 g/mol. The fourth-order valence-corrected chi connectivity index (χ4v) is 11.0. The minimum atomic E-state index is -0.411. The number of fused-ring (bicyclic) bond motifs is 10. The Hall–Kier alpha value is -6.31. The molecule has 1 aliphatic heterocycles. The van der Waals surface area contributed by atoms with Gasteiger partial charge < -0.3 is 0 Å². The van der Waals surface area contributed by atoms with E-state index in [-0.39, 0.29) is 0 Å². The van der Waals surface area contributed by atoms with Crippen molar-refractivity contribution >= 4 is 22.6 Å². The van der Waals surface area contributed by atoms with E-state index in [1.54, 1.807) is 0 Å². The van der Waals surface area contributed by atoms with Crippen LogP contribution in [-0.2, 0) is 5.41 Å². The first-order valence-corrected chi connectivity index (χ1v) is 22.5. The standard InChI is InChI=1S/C60H55N/c1-38(2)46-35-36-48(47(39(3)4)34-28-40(46)5)43-30-32-44(33-31-43)59-41(6)27-29-45(42-17-8-7-9-18-42)37-57(61-59)52-22-16-26-56-58(52)51-21-12-15-25-55(51)60(56)53-23-13-10-19-49(53)50-20-11-14-24-54(50)60/h7-26,30-40H,27-29H2,1-6H3/b45-37+,46-35-,47-34?,48-36?,59-41+,61-57-. The van der Waals surface area contributed by atoms with Crippen LogP contribution in [0.5, 0.6) is 0 Å². The molecule has 300 valence electrons. The quantitative estimate of drug-likeness (QED) is 0.159. The maximum atomic E-state index is 5.82. The fourth-order valence-electron chi connectivity index (χ4n) is 11.0. The van der Waals surface area contributed by atoms with Crippen molar-refractivity contribution < 1.29 is 0 Å². The molecule has 61 heavy (non-hydrogen) atoms. The summed E-state index contributed by atoms with van der Waals surface area (Å²) in [6, 6.07) is 54.4. The molecule has 6 aromatic carbocycles. The topological polar surface area (TPSA) is 12.4 Å². The van der Waals surface area contributed by atoms with Crippen molar-refractivity contribution in [2.24, 2.45) is 22.7 Å². The molecule has 1 unspecified atom stereocenters. The number of hydrogen-bond donors (Lipinski definition) is 0. The lowest BCUT2D eigenvalue weighted by Gasteiger charge is -2.30. The molecule has 0 amide bonds. The Bertz CT molecular complexity index is 2840. The van der Waals surface area contributed by atoms with Crippen LogP contribution in [0.2, 0.25) is 0 Å². The van der Waals surface area contributed by atoms with Crippen LogP contribution in [0, 0.1) is 17.8 Å². The van der Waals surface area contributed by atoms with Gasteiger partial charge in [0.25, 0.3) is 0 Å². The molecule has 3 aliphatic carbocycles. The molecule has 1 nitrogen and oxygen atoms in total. The molecular formula is C60H55N. The largest absolute Gasteiger partial charge is 0.248 e. The molecule has 0 aromatic heterocycles. The van der Waals surface area contributed by atoms with Crippen LogP contribution in [0.3, 0.4) is 0 Å². The summed E-state index contributed by atoms with van der Waals surface area (Å²) in [5.74, 6) is 1.50. The van der Waals surface area contributed by atoms with Gasteiger partial charge >= 0.3 is 0 Å². The molecule has 0 saturated heterocycles. The van der Waals surface area contributed by atoms with E-state index in [0.717, 1.165) is 36.2 Å². The smallest absolute Gasteiger partial charge is 0.0725 e. The van der Waals surface area contributed by atoms with Crippen LogP contribution >= 0.6 is 0 Å². The molecule has 10 rings (SSSR count). The normalized spacial score (nSPS) is 21.6. The van der Waals surface area contributed by atoms with E-state index in [1.807, 2.05) is 0 Å². The molecule has 0 bridgehead atoms. The highest BCUT2D eigenvalue weighted by molar-refractivity contribution is 6.19. The van der Waals surface area contributed by atoms with Crippen molar-refractivity contribution in [1.29, 1.82) is 0 Å². The van der Waals surface area contributed by atoms with Gasteiger partial charge in [-0.05, 0) is 128 Å². The van der Waals surface area contributed by atoms with E-state index in [9.17, 15) is 0 Å². The van der Waals surface area contributed by atoms with Gasteiger partial charge in [-0.3, -0.25) is 0 Å². The first-order valence-electron chi connectivity index (χ1n) is 22.5. The Morgan fingerprint density at radius 1 is 0.541 bits per heavy atom. The Labute approximate surface area is 363 Å². The van der Waals surface area contributed by atoms with Gasteiger partial charge in [0.2, 0.25) is 0 Å². The first kappa shape index (κ1) is 38.9. The molecule has 1 heteroatoms. The third-order valence-electron chi connectivity index (χ3n) is 13.9. The minimum Gasteiger partial charge on any atom is -0.248 e. The highest BCUT2D eigenvalue weighted by atomic mass is 14.8. The number of benzene rings is 6. The second kappa shape index (κ2) is 15.6. The molecule has 1 atom stereocenters. The van der Waals surface area contributed by atoms with E-state index in [4.69, 9.17) is 4.99 Å². The zero-order valence-corrected chi connectivity index (χ0v) is 36.5. The summed E-state index contributed by atoms with van der Waals surface area (Å²) in [5.41, 5.74) is 24.0. The van der Waals surface area contributed by atoms with E-state index in [1.165, 1.54) is 89.1 Å². The third-order valence-corrected chi connectivity index (χ3v) is 13.9. The van der Waals surface area contributed by atoms with Crippen molar-refractivity contribution in [3.05, 3.63) is 231 Å². The van der Waals surface area contributed by atoms with Crippen molar-refractivity contribution in [1.82, 2.24) is 0 Å². The predicted octanol–water partition coefficient (Wildman–Crippen LogP) is 15.7. The van der Waals surface area contributed by atoms with E-state index < -0.39 is 5.41 Å². The molecule has 1 heterocycles. The Morgan fingerprint density at radius 2 is 1.11 bits per heavy atom. The maximum Gasteiger partial charge on any atom is 0.0725 e. The second-order valence-electron chi connectivity index (χ2n) is 18.2. The number of nitrogens with zero attached hydrogens (tertiary/aromatic N) is 1. The maximum absolute atomic E-state index is 5.82. The van der Waals surface area contributed by atoms with Crippen LogP contribution in [0.25, 0.3) is 39.1 Å². The van der Waals surface area contributed by atoms with Crippen LogP contribution in [-0.4, -0.2) is 5.71 Å². The average molecular weight is 790 g/mol. The van der Waals surface area contributed by atoms with Gasteiger partial charge in [-0.15, -0.1) is 0 Å². The van der Waals surface area contributed by atoms with Gasteiger partial charge in [0.15, 0.2) is 0 Å². The lowest BCUT2D eigenvalue weighted by molar-refractivity contribution is 0.585. The zero-order chi connectivity index (χ0) is 41.8. The van der Waals surface area contributed by atoms with E-state index >= 15 is 0 Å². The van der Waals surface area contributed by atoms with Gasteiger partial charge in [-0.25, -0.2) is 4.99 Å². The summed E-state index contributed by atoms with van der Waals surface area (Å²) in [6.45, 7) is 14.0. The van der Waals surface area contributed by atoms with Gasteiger partial charge in [-0.2, -0.15) is 0 Å². The molecule has 0 N–H and O–H groups in total. The summed E-state index contributed by atoms with van der Waals surface area (Å²) in [7, 11) is 0. The predicted molar refractivity (Wildman–Crippen MR) is 260 cm³/mol. The number of allylic oxidation sites excluding steroid dienone is 9. The summed E-state index contributed by atoms with van der Waals surface area (Å²) in [5, 5.41) is 0. The molecule has 4 aliphatic rings. The Balaban J connectivity index is 1.16. The molecule has 0 radical (unpaired) electrons. The second-order valence-corrected chi connectivity index (χ2v) is 18.2. The zero-order valence-electron chi connectivity index (χ0n) is 36.5. The lowest BCUT2D eigenvalue weighted by Crippen LogP contribution is -2.25. The van der Waals surface area contributed by atoms with Crippen LogP contribution in [0.4, 0.5) is 0 Å². The Morgan fingerprint density at radius 3 is 1.77 bits per heavy atom. The van der Waals surface area contributed by atoms with E-state index in [0.29, 0.717) is 17.8 Å². The third kappa shape index (κ3) is 6.40. The summed E-state index contributed by atoms with van der Waals surface area (Å²) >= 11 is 0. The highest BCUT2D eigenvalue weighted by Crippen LogP contribution is 2.63. The van der Waals surface area contributed by atoms with Crippen LogP contribution in [0.1, 0.15) is 105 Å². The van der Waals surface area contributed by atoms with E-state index in [2.05, 4.69) is 211 Å². The summed E-state index contributed by atoms with van der Waals surface area (Å²) in [4.78, 5) is 5.82. The van der Waals surface area contributed by atoms with Gasteiger partial charge in [0.05, 0.1) is 16.8 Å². The summed E-state index contributed by atoms with van der Waals surface area (Å²) < 4.78 is 0. The average Bonchev–Trinajstić information content (AvgIpc) is 3.75. The molecule has 6 aromatic rings. The van der Waals surface area contributed by atoms with Gasteiger partial charge in [0, 0.05) is 11.1 Å². The van der Waals surface area contributed by atoms with Crippen molar-refractivity contribution in [2.75, 3.05) is 0 Å². The highest BCUT2D eigenvalue weighted by Gasteiger charge is 2.52. The number of aliphatic imine (C=N–C) groups is 1.